The minimum Gasteiger partial charge on any atom is -0.378 e. The van der Waals surface area contributed by atoms with Crippen molar-refractivity contribution in [2.45, 2.75) is 38.7 Å². The van der Waals surface area contributed by atoms with Gasteiger partial charge in [0.1, 0.15) is 0 Å². The Morgan fingerprint density at radius 1 is 1.17 bits per heavy atom. The van der Waals surface area contributed by atoms with E-state index in [1.54, 1.807) is 0 Å². The van der Waals surface area contributed by atoms with E-state index in [2.05, 4.69) is 29.2 Å². The van der Waals surface area contributed by atoms with Crippen molar-refractivity contribution in [3.05, 3.63) is 48.2 Å². The van der Waals surface area contributed by atoms with Gasteiger partial charge >= 0.3 is 0 Å². The van der Waals surface area contributed by atoms with Crippen LogP contribution in [0.2, 0.25) is 0 Å². The first-order chi connectivity index (χ1) is 11.8. The molecule has 0 spiro atoms. The number of amides is 1. The van der Waals surface area contributed by atoms with Crippen molar-refractivity contribution < 1.29 is 9.53 Å². The fourth-order valence-corrected chi connectivity index (χ4v) is 3.28. The monoisotopic (exact) mass is 326 g/mol. The Morgan fingerprint density at radius 3 is 2.62 bits per heavy atom. The minimum absolute atomic E-state index is 0.251. The van der Waals surface area contributed by atoms with Crippen molar-refractivity contribution >= 4 is 5.91 Å². The minimum atomic E-state index is 0.251. The Balaban J connectivity index is 1.48. The van der Waals surface area contributed by atoms with E-state index in [0.29, 0.717) is 12.5 Å². The summed E-state index contributed by atoms with van der Waals surface area (Å²) < 4.78 is 5.64. The van der Waals surface area contributed by atoms with Gasteiger partial charge in [0.25, 0.3) is 0 Å². The second-order valence-electron chi connectivity index (χ2n) is 6.30. The zero-order valence-corrected chi connectivity index (χ0v) is 14.3. The van der Waals surface area contributed by atoms with Crippen LogP contribution in [0.25, 0.3) is 11.3 Å². The van der Waals surface area contributed by atoms with E-state index in [1.165, 1.54) is 5.56 Å². The van der Waals surface area contributed by atoms with Gasteiger partial charge in [-0.2, -0.15) is 0 Å². The highest BCUT2D eigenvalue weighted by Crippen LogP contribution is 2.19. The molecule has 0 unspecified atom stereocenters. The number of piperidine rings is 1. The molecule has 4 heteroatoms. The maximum Gasteiger partial charge on any atom is 0.222 e. The molecule has 0 bridgehead atoms. The van der Waals surface area contributed by atoms with Gasteiger partial charge in [0.2, 0.25) is 5.91 Å². The molecule has 2 aromatic rings. The third-order valence-corrected chi connectivity index (χ3v) is 4.64. The van der Waals surface area contributed by atoms with E-state index in [9.17, 15) is 4.79 Å². The molecule has 0 aliphatic carbocycles. The lowest BCUT2D eigenvalue weighted by Gasteiger charge is -2.31. The summed E-state index contributed by atoms with van der Waals surface area (Å²) in [6, 6.07) is 14.4. The molecule has 1 saturated heterocycles. The van der Waals surface area contributed by atoms with Crippen molar-refractivity contribution in [2.75, 3.05) is 19.7 Å². The van der Waals surface area contributed by atoms with Crippen molar-refractivity contribution in [2.24, 2.45) is 0 Å². The third-order valence-electron chi connectivity index (χ3n) is 4.64. The molecule has 1 aromatic heterocycles. The first kappa shape index (κ1) is 16.8. The van der Waals surface area contributed by atoms with E-state index >= 15 is 0 Å². The van der Waals surface area contributed by atoms with E-state index in [-0.39, 0.29) is 5.91 Å². The normalized spacial score (nSPS) is 15.6. The Morgan fingerprint density at radius 2 is 1.92 bits per heavy atom. The average Bonchev–Trinajstić information content (AvgIpc) is 3.10. The summed E-state index contributed by atoms with van der Waals surface area (Å²) in [6.45, 7) is 4.43. The predicted octanol–water partition coefficient (Wildman–Crippen LogP) is 3.64. The molecule has 0 saturated carbocycles. The SMILES string of the molecule is CCOC1CCN(C(=O)CCc2ccc(-c3ccccc3)[nH]2)CC1. The highest BCUT2D eigenvalue weighted by molar-refractivity contribution is 5.76. The van der Waals surface area contributed by atoms with Crippen molar-refractivity contribution in [3.63, 3.8) is 0 Å². The van der Waals surface area contributed by atoms with Crippen LogP contribution in [0.15, 0.2) is 42.5 Å². The molecule has 1 aliphatic rings. The van der Waals surface area contributed by atoms with Gasteiger partial charge in [-0.15, -0.1) is 0 Å². The number of aromatic nitrogens is 1. The van der Waals surface area contributed by atoms with Gasteiger partial charge < -0.3 is 14.6 Å². The van der Waals surface area contributed by atoms with Crippen LogP contribution in [-0.4, -0.2) is 41.6 Å². The van der Waals surface area contributed by atoms with E-state index < -0.39 is 0 Å². The highest BCUT2D eigenvalue weighted by atomic mass is 16.5. The van der Waals surface area contributed by atoms with Crippen LogP contribution in [0.5, 0.6) is 0 Å². The molecule has 1 aliphatic heterocycles. The lowest BCUT2D eigenvalue weighted by atomic mass is 10.1. The lowest BCUT2D eigenvalue weighted by Crippen LogP contribution is -2.41. The molecule has 0 radical (unpaired) electrons. The third kappa shape index (κ3) is 4.26. The zero-order valence-electron chi connectivity index (χ0n) is 14.3. The smallest absolute Gasteiger partial charge is 0.222 e. The fraction of sp³-hybridized carbons (Fsp3) is 0.450. The summed E-state index contributed by atoms with van der Waals surface area (Å²) >= 11 is 0. The van der Waals surface area contributed by atoms with Crippen molar-refractivity contribution in [1.29, 1.82) is 0 Å². The molecule has 4 nitrogen and oxygen atoms in total. The summed E-state index contributed by atoms with van der Waals surface area (Å²) in [5, 5.41) is 0. The average molecular weight is 326 g/mol. The maximum absolute atomic E-state index is 12.4. The summed E-state index contributed by atoms with van der Waals surface area (Å²) in [6.07, 6.45) is 3.57. The Hall–Kier alpha value is -2.07. The largest absolute Gasteiger partial charge is 0.378 e. The van der Waals surface area contributed by atoms with Crippen molar-refractivity contribution in [1.82, 2.24) is 9.88 Å². The number of hydrogen-bond donors (Lipinski definition) is 1. The number of carbonyl (C=O) groups is 1. The molecule has 2 heterocycles. The molecule has 1 N–H and O–H groups in total. The van der Waals surface area contributed by atoms with Crippen molar-refractivity contribution in [3.8, 4) is 11.3 Å². The van der Waals surface area contributed by atoms with Crippen LogP contribution in [-0.2, 0) is 16.0 Å². The van der Waals surface area contributed by atoms with E-state index in [1.807, 2.05) is 30.0 Å². The van der Waals surface area contributed by atoms with Crippen LogP contribution in [0.1, 0.15) is 31.9 Å². The zero-order chi connectivity index (χ0) is 16.8. The number of likely N-dealkylation sites (tertiary alicyclic amines) is 1. The van der Waals surface area contributed by atoms with Crippen LogP contribution >= 0.6 is 0 Å². The summed E-state index contributed by atoms with van der Waals surface area (Å²) in [7, 11) is 0. The van der Waals surface area contributed by atoms with E-state index in [4.69, 9.17) is 4.74 Å². The molecule has 1 fully saturated rings. The van der Waals surface area contributed by atoms with Gasteiger partial charge in [-0.1, -0.05) is 30.3 Å². The quantitative estimate of drug-likeness (QED) is 0.881. The van der Waals surface area contributed by atoms with Gasteiger partial charge in [-0.25, -0.2) is 0 Å². The molecular formula is C20H26N2O2. The van der Waals surface area contributed by atoms with Gasteiger partial charge in [0.05, 0.1) is 6.10 Å². The van der Waals surface area contributed by atoms with Gasteiger partial charge in [-0.05, 0) is 43.9 Å². The van der Waals surface area contributed by atoms with Gasteiger partial charge in [0, 0.05) is 37.5 Å². The van der Waals surface area contributed by atoms with Crippen LogP contribution in [0.4, 0.5) is 0 Å². The number of ether oxygens (including phenoxy) is 1. The standard InChI is InChI=1S/C20H26N2O2/c1-2-24-18-12-14-22(15-13-18)20(23)11-9-17-8-10-19(21-17)16-6-4-3-5-7-16/h3-8,10,18,21H,2,9,11-15H2,1H3. The summed E-state index contributed by atoms with van der Waals surface area (Å²) in [5.41, 5.74) is 3.40. The molecule has 0 atom stereocenters. The number of nitrogens with zero attached hydrogens (tertiary/aromatic N) is 1. The lowest BCUT2D eigenvalue weighted by molar-refractivity contribution is -0.133. The molecule has 3 rings (SSSR count). The fourth-order valence-electron chi connectivity index (χ4n) is 3.28. The number of aromatic amines is 1. The Labute approximate surface area is 143 Å². The van der Waals surface area contributed by atoms with Crippen LogP contribution in [0.3, 0.4) is 0 Å². The number of rotatable bonds is 6. The number of hydrogen-bond acceptors (Lipinski definition) is 2. The predicted molar refractivity (Wildman–Crippen MR) is 95.8 cm³/mol. The number of nitrogens with one attached hydrogen (secondary N) is 1. The second kappa shape index (κ2) is 8.15. The Bertz CT molecular complexity index is 643. The first-order valence-corrected chi connectivity index (χ1v) is 8.89. The molecule has 24 heavy (non-hydrogen) atoms. The Kier molecular flexibility index (Phi) is 5.70. The summed E-state index contributed by atoms with van der Waals surface area (Å²) in [4.78, 5) is 17.8. The maximum atomic E-state index is 12.4. The highest BCUT2D eigenvalue weighted by Gasteiger charge is 2.22. The van der Waals surface area contributed by atoms with Gasteiger partial charge in [-0.3, -0.25) is 4.79 Å². The summed E-state index contributed by atoms with van der Waals surface area (Å²) in [5.74, 6) is 0.251. The van der Waals surface area contributed by atoms with Gasteiger partial charge in [0.15, 0.2) is 0 Å². The molecule has 128 valence electrons. The van der Waals surface area contributed by atoms with Crippen LogP contribution < -0.4 is 0 Å². The second-order valence-corrected chi connectivity index (χ2v) is 6.30. The topological polar surface area (TPSA) is 45.3 Å². The van der Waals surface area contributed by atoms with Crippen LogP contribution in [0, 0.1) is 0 Å². The molecule has 1 aromatic carbocycles. The molecular weight excluding hydrogens is 300 g/mol. The molecule has 1 amide bonds. The number of H-pyrrole nitrogens is 1. The van der Waals surface area contributed by atoms with E-state index in [0.717, 1.165) is 50.3 Å². The first-order valence-electron chi connectivity index (χ1n) is 8.89. The number of aryl methyl sites for hydroxylation is 1. The number of carbonyl (C=O) groups excluding carboxylic acids is 1. The number of benzene rings is 1.